The Kier molecular flexibility index (Phi) is 2.88. The van der Waals surface area contributed by atoms with E-state index >= 15 is 0 Å². The maximum atomic E-state index is 4.60. The highest BCUT2D eigenvalue weighted by atomic mass is 14.9. The third-order valence-corrected chi connectivity index (χ3v) is 3.03. The first-order valence-electron chi connectivity index (χ1n) is 6.32. The minimum Gasteiger partial charge on any atom is -0.251 e. The van der Waals surface area contributed by atoms with Crippen molar-refractivity contribution in [2.24, 2.45) is 0 Å². The smallest absolute Gasteiger partial charge is 0.178 e. The van der Waals surface area contributed by atoms with Gasteiger partial charge in [-0.05, 0) is 17.0 Å². The minimum atomic E-state index is 0.00552. The number of nitrogens with zero attached hydrogens (tertiary/aromatic N) is 3. The molecule has 0 saturated heterocycles. The molecule has 0 N–H and O–H groups in total. The van der Waals surface area contributed by atoms with Crippen molar-refractivity contribution in [1.29, 1.82) is 0 Å². The largest absolute Gasteiger partial charge is 0.251 e. The highest BCUT2D eigenvalue weighted by Gasteiger charge is 2.18. The summed E-state index contributed by atoms with van der Waals surface area (Å²) in [6, 6.07) is 2.09. The zero-order valence-corrected chi connectivity index (χ0v) is 12.1. The molecule has 0 unspecified atom stereocenters. The van der Waals surface area contributed by atoms with Crippen molar-refractivity contribution in [3.63, 3.8) is 0 Å². The lowest BCUT2D eigenvalue weighted by Gasteiger charge is -2.20. The number of rotatable bonds is 0. The summed E-state index contributed by atoms with van der Waals surface area (Å²) in [4.78, 5) is 13.5. The topological polar surface area (TPSA) is 38.7 Å². The standard InChI is InChI=1S/C15H21N3/c1-14(2,3)10-7-11-13(17-8-10)18-12(9-16-11)15(4,5)6/h7-9H,1-6H3. The molecule has 2 aromatic heterocycles. The summed E-state index contributed by atoms with van der Waals surface area (Å²) >= 11 is 0. The number of aromatic nitrogens is 3. The first kappa shape index (κ1) is 12.9. The molecule has 18 heavy (non-hydrogen) atoms. The fourth-order valence-electron chi connectivity index (χ4n) is 1.67. The highest BCUT2D eigenvalue weighted by molar-refractivity contribution is 5.70. The molecule has 0 spiro atoms. The van der Waals surface area contributed by atoms with E-state index in [2.05, 4.69) is 62.6 Å². The predicted octanol–water partition coefficient (Wildman–Crippen LogP) is 3.62. The minimum absolute atomic E-state index is 0.00552. The Labute approximate surface area is 109 Å². The summed E-state index contributed by atoms with van der Waals surface area (Å²) in [5.74, 6) is 0. The van der Waals surface area contributed by atoms with Gasteiger partial charge in [0.25, 0.3) is 0 Å². The maximum Gasteiger partial charge on any atom is 0.178 e. The molecule has 96 valence electrons. The first-order valence-corrected chi connectivity index (χ1v) is 6.32. The molecule has 2 heterocycles. The fourth-order valence-corrected chi connectivity index (χ4v) is 1.67. The van der Waals surface area contributed by atoms with Gasteiger partial charge >= 0.3 is 0 Å². The molecule has 2 aromatic rings. The SMILES string of the molecule is CC(C)(C)c1cnc2nc(C(C)(C)C)cnc2c1. The van der Waals surface area contributed by atoms with Gasteiger partial charge in [-0.3, -0.25) is 4.98 Å². The average Bonchev–Trinajstić information content (AvgIpc) is 2.25. The number of hydrogen-bond acceptors (Lipinski definition) is 3. The molecule has 0 radical (unpaired) electrons. The molecule has 0 bridgehead atoms. The van der Waals surface area contributed by atoms with Crippen LogP contribution in [-0.2, 0) is 10.8 Å². The van der Waals surface area contributed by atoms with Crippen molar-refractivity contribution >= 4 is 11.2 Å². The van der Waals surface area contributed by atoms with Gasteiger partial charge < -0.3 is 0 Å². The van der Waals surface area contributed by atoms with Crippen LogP contribution in [-0.4, -0.2) is 15.0 Å². The van der Waals surface area contributed by atoms with Gasteiger partial charge in [0.2, 0.25) is 0 Å². The van der Waals surface area contributed by atoms with E-state index in [1.807, 2.05) is 12.4 Å². The molecular weight excluding hydrogens is 222 g/mol. The molecule has 0 aromatic carbocycles. The van der Waals surface area contributed by atoms with E-state index in [0.29, 0.717) is 0 Å². The van der Waals surface area contributed by atoms with E-state index in [0.717, 1.165) is 16.9 Å². The number of hydrogen-bond donors (Lipinski definition) is 0. The molecule has 0 fully saturated rings. The van der Waals surface area contributed by atoms with Crippen LogP contribution in [0.15, 0.2) is 18.5 Å². The van der Waals surface area contributed by atoms with Crippen LogP contribution in [0, 0.1) is 0 Å². The quantitative estimate of drug-likeness (QED) is 0.709. The van der Waals surface area contributed by atoms with E-state index in [1.165, 1.54) is 5.56 Å². The molecule has 2 rings (SSSR count). The Morgan fingerprint density at radius 2 is 1.50 bits per heavy atom. The lowest BCUT2D eigenvalue weighted by atomic mass is 9.88. The van der Waals surface area contributed by atoms with Crippen LogP contribution in [0.25, 0.3) is 11.2 Å². The summed E-state index contributed by atoms with van der Waals surface area (Å²) in [5, 5.41) is 0. The third kappa shape index (κ3) is 2.50. The van der Waals surface area contributed by atoms with Crippen molar-refractivity contribution in [1.82, 2.24) is 15.0 Å². The molecule has 0 aliphatic heterocycles. The molecule has 0 aliphatic carbocycles. The Morgan fingerprint density at radius 1 is 0.833 bits per heavy atom. The zero-order chi connectivity index (χ0) is 13.6. The second-order valence-electron chi connectivity index (χ2n) is 6.82. The summed E-state index contributed by atoms with van der Waals surface area (Å²) in [7, 11) is 0. The summed E-state index contributed by atoms with van der Waals surface area (Å²) in [6.07, 6.45) is 3.76. The van der Waals surface area contributed by atoms with Crippen molar-refractivity contribution in [2.75, 3.05) is 0 Å². The van der Waals surface area contributed by atoms with Crippen LogP contribution in [0.5, 0.6) is 0 Å². The van der Waals surface area contributed by atoms with Gasteiger partial charge in [0.1, 0.15) is 5.52 Å². The van der Waals surface area contributed by atoms with Crippen molar-refractivity contribution in [3.8, 4) is 0 Å². The highest BCUT2D eigenvalue weighted by Crippen LogP contribution is 2.25. The molecule has 3 heteroatoms. The summed E-state index contributed by atoms with van der Waals surface area (Å²) in [6.45, 7) is 12.9. The lowest BCUT2D eigenvalue weighted by molar-refractivity contribution is 0.567. The van der Waals surface area contributed by atoms with Gasteiger partial charge in [0.05, 0.1) is 5.69 Å². The zero-order valence-electron chi connectivity index (χ0n) is 12.1. The molecule has 0 saturated carbocycles. The number of pyridine rings is 1. The molecule has 3 nitrogen and oxygen atoms in total. The van der Waals surface area contributed by atoms with Gasteiger partial charge in [-0.1, -0.05) is 41.5 Å². The van der Waals surface area contributed by atoms with Crippen LogP contribution >= 0.6 is 0 Å². The molecular formula is C15H21N3. The van der Waals surface area contributed by atoms with E-state index in [-0.39, 0.29) is 10.8 Å². The summed E-state index contributed by atoms with van der Waals surface area (Å²) < 4.78 is 0. The van der Waals surface area contributed by atoms with Crippen LogP contribution in [0.1, 0.15) is 52.8 Å². The van der Waals surface area contributed by atoms with Crippen LogP contribution in [0.3, 0.4) is 0 Å². The average molecular weight is 243 g/mol. The normalized spacial score (nSPS) is 13.0. The van der Waals surface area contributed by atoms with Crippen molar-refractivity contribution in [2.45, 2.75) is 52.4 Å². The third-order valence-electron chi connectivity index (χ3n) is 3.03. The van der Waals surface area contributed by atoms with E-state index < -0.39 is 0 Å². The van der Waals surface area contributed by atoms with Gasteiger partial charge in [0, 0.05) is 17.8 Å². The molecule has 0 amide bonds. The van der Waals surface area contributed by atoms with Gasteiger partial charge in [0.15, 0.2) is 5.65 Å². The molecule has 0 atom stereocenters. The van der Waals surface area contributed by atoms with Crippen LogP contribution in [0.2, 0.25) is 0 Å². The monoisotopic (exact) mass is 243 g/mol. The van der Waals surface area contributed by atoms with E-state index in [9.17, 15) is 0 Å². The lowest BCUT2D eigenvalue weighted by Crippen LogP contribution is -2.15. The van der Waals surface area contributed by atoms with Crippen molar-refractivity contribution < 1.29 is 0 Å². The van der Waals surface area contributed by atoms with E-state index in [1.54, 1.807) is 0 Å². The Bertz CT molecular complexity index is 521. The predicted molar refractivity (Wildman–Crippen MR) is 74.7 cm³/mol. The Morgan fingerprint density at radius 3 is 2.06 bits per heavy atom. The van der Waals surface area contributed by atoms with Gasteiger partial charge in [-0.25, -0.2) is 9.97 Å². The van der Waals surface area contributed by atoms with Crippen LogP contribution < -0.4 is 0 Å². The Balaban J connectivity index is 2.56. The van der Waals surface area contributed by atoms with E-state index in [4.69, 9.17) is 0 Å². The Hall–Kier alpha value is -1.51. The fraction of sp³-hybridized carbons (Fsp3) is 0.533. The maximum absolute atomic E-state index is 4.60. The second-order valence-corrected chi connectivity index (χ2v) is 6.82. The first-order chi connectivity index (χ1) is 8.18. The second kappa shape index (κ2) is 4.01. The summed E-state index contributed by atoms with van der Waals surface area (Å²) in [5.41, 5.74) is 3.86. The molecule has 0 aliphatic rings. The van der Waals surface area contributed by atoms with Crippen molar-refractivity contribution in [3.05, 3.63) is 29.7 Å². The number of fused-ring (bicyclic) bond motifs is 1. The van der Waals surface area contributed by atoms with Gasteiger partial charge in [-0.15, -0.1) is 0 Å². The van der Waals surface area contributed by atoms with Crippen LogP contribution in [0.4, 0.5) is 0 Å². The van der Waals surface area contributed by atoms with Gasteiger partial charge in [-0.2, -0.15) is 0 Å².